The van der Waals surface area contributed by atoms with Crippen molar-refractivity contribution in [1.82, 2.24) is 4.31 Å². The van der Waals surface area contributed by atoms with Gasteiger partial charge in [-0.05, 0) is 56.2 Å². The van der Waals surface area contributed by atoms with Crippen molar-refractivity contribution < 1.29 is 26.4 Å². The van der Waals surface area contributed by atoms with E-state index in [4.69, 9.17) is 4.74 Å². The van der Waals surface area contributed by atoms with Gasteiger partial charge < -0.3 is 10.1 Å². The molecule has 1 fully saturated rings. The first-order valence-electron chi connectivity index (χ1n) is 10.7. The van der Waals surface area contributed by atoms with Gasteiger partial charge in [0.2, 0.25) is 26.0 Å². The van der Waals surface area contributed by atoms with E-state index in [0.717, 1.165) is 29.8 Å². The summed E-state index contributed by atoms with van der Waals surface area (Å²) in [5, 5.41) is 2.63. The van der Waals surface area contributed by atoms with Gasteiger partial charge in [0.25, 0.3) is 0 Å². The smallest absolute Gasteiger partial charge is 0.245 e. The lowest BCUT2D eigenvalue weighted by molar-refractivity contribution is -0.114. The van der Waals surface area contributed by atoms with Gasteiger partial charge in [-0.3, -0.25) is 9.10 Å². The molecule has 1 N–H and O–H groups in total. The number of nitrogens with zero attached hydrogens (tertiary/aromatic N) is 2. The minimum Gasteiger partial charge on any atom is -0.494 e. The van der Waals surface area contributed by atoms with Crippen LogP contribution in [0.25, 0.3) is 0 Å². The quantitative estimate of drug-likeness (QED) is 0.572. The number of rotatable bonds is 9. The second kappa shape index (κ2) is 10.5. The lowest BCUT2D eigenvalue weighted by Crippen LogP contribution is -2.37. The van der Waals surface area contributed by atoms with Crippen molar-refractivity contribution in [3.63, 3.8) is 0 Å². The van der Waals surface area contributed by atoms with E-state index < -0.39 is 32.5 Å². The Labute approximate surface area is 195 Å². The third-order valence-corrected chi connectivity index (χ3v) is 8.25. The molecule has 1 saturated heterocycles. The number of hydrogen-bond donors (Lipinski definition) is 1. The summed E-state index contributed by atoms with van der Waals surface area (Å²) in [6, 6.07) is 12.4. The predicted octanol–water partition coefficient (Wildman–Crippen LogP) is 2.66. The molecular weight excluding hydrogens is 466 g/mol. The number of carbonyl (C=O) groups excluding carboxylic acids is 1. The van der Waals surface area contributed by atoms with E-state index in [1.165, 1.54) is 28.6 Å². The summed E-state index contributed by atoms with van der Waals surface area (Å²) in [4.78, 5) is 12.8. The summed E-state index contributed by atoms with van der Waals surface area (Å²) in [5.74, 6) is -0.0663. The maximum absolute atomic E-state index is 12.8. The lowest BCUT2D eigenvalue weighted by atomic mass is 10.2. The van der Waals surface area contributed by atoms with Crippen molar-refractivity contribution in [2.45, 2.75) is 31.1 Å². The number of sulfonamides is 2. The van der Waals surface area contributed by atoms with Crippen LogP contribution in [0.2, 0.25) is 0 Å². The van der Waals surface area contributed by atoms with Crippen LogP contribution in [-0.2, 0) is 24.8 Å². The second-order valence-electron chi connectivity index (χ2n) is 7.74. The number of anilines is 2. The molecule has 180 valence electrons. The fourth-order valence-corrected chi connectivity index (χ4v) is 5.96. The Bertz CT molecular complexity index is 1170. The first-order chi connectivity index (χ1) is 15.6. The highest BCUT2D eigenvalue weighted by Crippen LogP contribution is 2.24. The highest BCUT2D eigenvalue weighted by atomic mass is 32.2. The van der Waals surface area contributed by atoms with Crippen molar-refractivity contribution in [1.29, 1.82) is 0 Å². The average Bonchev–Trinajstić information content (AvgIpc) is 2.78. The van der Waals surface area contributed by atoms with Gasteiger partial charge >= 0.3 is 0 Å². The van der Waals surface area contributed by atoms with Crippen molar-refractivity contribution in [3.8, 4) is 5.75 Å². The van der Waals surface area contributed by atoms with Crippen LogP contribution < -0.4 is 14.4 Å². The summed E-state index contributed by atoms with van der Waals surface area (Å²) in [5.41, 5.74) is 0.677. The van der Waals surface area contributed by atoms with E-state index in [2.05, 4.69) is 5.32 Å². The van der Waals surface area contributed by atoms with Gasteiger partial charge in [-0.15, -0.1) is 0 Å². The zero-order chi connectivity index (χ0) is 24.1. The number of nitrogens with one attached hydrogen (secondary N) is 1. The topological polar surface area (TPSA) is 113 Å². The highest BCUT2D eigenvalue weighted by Gasteiger charge is 2.26. The molecule has 0 radical (unpaired) electrons. The molecule has 1 aliphatic heterocycles. The Balaban J connectivity index is 1.71. The largest absolute Gasteiger partial charge is 0.494 e. The van der Waals surface area contributed by atoms with Crippen LogP contribution in [-0.4, -0.2) is 59.5 Å². The van der Waals surface area contributed by atoms with Crippen LogP contribution >= 0.6 is 0 Å². The number of hydrogen-bond acceptors (Lipinski definition) is 6. The lowest BCUT2D eigenvalue weighted by Gasteiger charge is -2.26. The Morgan fingerprint density at radius 1 is 1.03 bits per heavy atom. The summed E-state index contributed by atoms with van der Waals surface area (Å²) in [6.07, 6.45) is 3.74. The Morgan fingerprint density at radius 2 is 1.70 bits per heavy atom. The van der Waals surface area contributed by atoms with E-state index in [-0.39, 0.29) is 4.90 Å². The van der Waals surface area contributed by atoms with Gasteiger partial charge in [0.05, 0.1) is 23.4 Å². The third-order valence-electron chi connectivity index (χ3n) is 5.20. The molecule has 0 spiro atoms. The Morgan fingerprint density at radius 3 is 2.30 bits per heavy atom. The fourth-order valence-electron chi connectivity index (χ4n) is 3.59. The molecular formula is C22H29N3O6S2. The number of amides is 1. The Kier molecular flexibility index (Phi) is 7.98. The molecule has 0 aromatic heterocycles. The van der Waals surface area contributed by atoms with Gasteiger partial charge in [0.1, 0.15) is 12.3 Å². The minimum absolute atomic E-state index is 0.160. The van der Waals surface area contributed by atoms with E-state index in [0.29, 0.717) is 36.8 Å². The molecule has 0 aliphatic carbocycles. The summed E-state index contributed by atoms with van der Waals surface area (Å²) in [7, 11) is -7.31. The van der Waals surface area contributed by atoms with Gasteiger partial charge in [0, 0.05) is 24.8 Å². The summed E-state index contributed by atoms with van der Waals surface area (Å²) < 4.78 is 58.1. The van der Waals surface area contributed by atoms with Gasteiger partial charge in [-0.2, -0.15) is 4.31 Å². The zero-order valence-electron chi connectivity index (χ0n) is 18.7. The van der Waals surface area contributed by atoms with Crippen molar-refractivity contribution in [2.24, 2.45) is 0 Å². The van der Waals surface area contributed by atoms with Crippen molar-refractivity contribution in [3.05, 3.63) is 48.5 Å². The molecule has 2 aromatic carbocycles. The van der Waals surface area contributed by atoms with Crippen LogP contribution in [0.1, 0.15) is 26.2 Å². The van der Waals surface area contributed by atoms with Gasteiger partial charge in [0.15, 0.2) is 0 Å². The molecule has 0 saturated carbocycles. The van der Waals surface area contributed by atoms with E-state index >= 15 is 0 Å². The monoisotopic (exact) mass is 495 g/mol. The van der Waals surface area contributed by atoms with Crippen LogP contribution in [0.4, 0.5) is 11.4 Å². The van der Waals surface area contributed by atoms with E-state index in [1.807, 2.05) is 6.92 Å². The molecule has 3 rings (SSSR count). The zero-order valence-corrected chi connectivity index (χ0v) is 20.4. The normalized spacial score (nSPS) is 15.1. The second-order valence-corrected chi connectivity index (χ2v) is 11.6. The van der Waals surface area contributed by atoms with Crippen molar-refractivity contribution in [2.75, 3.05) is 42.1 Å². The molecule has 9 nitrogen and oxygen atoms in total. The van der Waals surface area contributed by atoms with Crippen LogP contribution in [0.5, 0.6) is 5.75 Å². The maximum atomic E-state index is 12.8. The Hall–Kier alpha value is -2.63. The minimum atomic E-state index is -3.74. The standard InChI is InChI=1S/C22H29N3O6S2/c1-3-31-20-9-7-8-19(16-20)25(32(2,27)28)17-22(26)23-18-10-12-21(13-11-18)33(29,30)24-14-5-4-6-15-24/h7-13,16H,3-6,14-15,17H2,1-2H3,(H,23,26). The first-order valence-corrected chi connectivity index (χ1v) is 14.0. The first kappa shape index (κ1) is 25.0. The highest BCUT2D eigenvalue weighted by molar-refractivity contribution is 7.92. The predicted molar refractivity (Wildman–Crippen MR) is 127 cm³/mol. The molecule has 0 atom stereocenters. The maximum Gasteiger partial charge on any atom is 0.245 e. The van der Waals surface area contributed by atoms with Crippen LogP contribution in [0.3, 0.4) is 0 Å². The number of carbonyl (C=O) groups is 1. The van der Waals surface area contributed by atoms with E-state index in [1.54, 1.807) is 24.3 Å². The molecule has 33 heavy (non-hydrogen) atoms. The SMILES string of the molecule is CCOc1cccc(N(CC(=O)Nc2ccc(S(=O)(=O)N3CCCCC3)cc2)S(C)(=O)=O)c1. The van der Waals surface area contributed by atoms with Crippen LogP contribution in [0.15, 0.2) is 53.4 Å². The van der Waals surface area contributed by atoms with E-state index in [9.17, 15) is 21.6 Å². The number of piperidine rings is 1. The molecule has 0 bridgehead atoms. The fraction of sp³-hybridized carbons (Fsp3) is 0.409. The molecule has 1 aliphatic rings. The van der Waals surface area contributed by atoms with Crippen molar-refractivity contribution >= 4 is 37.3 Å². The molecule has 2 aromatic rings. The number of ether oxygens (including phenoxy) is 1. The summed E-state index contributed by atoms with van der Waals surface area (Å²) >= 11 is 0. The molecule has 1 heterocycles. The average molecular weight is 496 g/mol. The molecule has 1 amide bonds. The number of benzene rings is 2. The van der Waals surface area contributed by atoms with Gasteiger partial charge in [-0.1, -0.05) is 12.5 Å². The molecule has 0 unspecified atom stereocenters. The third kappa shape index (κ3) is 6.46. The van der Waals surface area contributed by atoms with Crippen LogP contribution in [0, 0.1) is 0 Å². The summed E-state index contributed by atoms with van der Waals surface area (Å²) in [6.45, 7) is 2.81. The van der Waals surface area contributed by atoms with Gasteiger partial charge in [-0.25, -0.2) is 16.8 Å². The molecule has 11 heteroatoms.